The molecular formula is C14H12BrNO3S. The van der Waals surface area contributed by atoms with Crippen LogP contribution in [0.25, 0.3) is 0 Å². The number of carbonyl (C=O) groups excluding carboxylic acids is 1. The Kier molecular flexibility index (Phi) is 4.92. The first kappa shape index (κ1) is 14.7. The first-order chi connectivity index (χ1) is 9.56. The molecule has 1 amide bonds. The molecule has 0 aliphatic carbocycles. The van der Waals surface area contributed by atoms with Gasteiger partial charge in [0, 0.05) is 11.8 Å². The molecule has 4 nitrogen and oxygen atoms in total. The van der Waals surface area contributed by atoms with Crippen LogP contribution in [0.4, 0.5) is 0 Å². The number of aliphatic carboxylic acids is 1. The van der Waals surface area contributed by atoms with Gasteiger partial charge in [-0.1, -0.05) is 30.3 Å². The highest BCUT2D eigenvalue weighted by atomic mass is 79.9. The quantitative estimate of drug-likeness (QED) is 0.868. The van der Waals surface area contributed by atoms with E-state index >= 15 is 0 Å². The first-order valence-electron chi connectivity index (χ1n) is 5.88. The van der Waals surface area contributed by atoms with Gasteiger partial charge in [0.2, 0.25) is 0 Å². The summed E-state index contributed by atoms with van der Waals surface area (Å²) in [7, 11) is 0. The highest BCUT2D eigenvalue weighted by molar-refractivity contribution is 9.11. The second-order valence-corrected chi connectivity index (χ2v) is 6.48. The summed E-state index contributed by atoms with van der Waals surface area (Å²) in [6.45, 7) is 0. The smallest absolute Gasteiger partial charge is 0.326 e. The van der Waals surface area contributed by atoms with Gasteiger partial charge in [0.1, 0.15) is 6.04 Å². The number of amides is 1. The fourth-order valence-electron chi connectivity index (χ4n) is 1.72. The van der Waals surface area contributed by atoms with Crippen LogP contribution in [0.5, 0.6) is 0 Å². The van der Waals surface area contributed by atoms with Crippen molar-refractivity contribution < 1.29 is 14.7 Å². The molecule has 0 spiro atoms. The maximum atomic E-state index is 12.0. The number of carboxylic acid groups (broad SMARTS) is 1. The number of carboxylic acids is 1. The van der Waals surface area contributed by atoms with Gasteiger partial charge in [-0.05, 0) is 27.6 Å². The van der Waals surface area contributed by atoms with E-state index in [1.165, 1.54) is 11.3 Å². The number of thiophene rings is 1. The Bertz CT molecular complexity index is 612. The summed E-state index contributed by atoms with van der Waals surface area (Å²) < 4.78 is 0.831. The van der Waals surface area contributed by atoms with Crippen molar-refractivity contribution in [1.29, 1.82) is 0 Å². The highest BCUT2D eigenvalue weighted by Crippen LogP contribution is 2.20. The van der Waals surface area contributed by atoms with Crippen LogP contribution in [0.3, 0.4) is 0 Å². The van der Waals surface area contributed by atoms with Crippen molar-refractivity contribution in [1.82, 2.24) is 5.32 Å². The van der Waals surface area contributed by atoms with E-state index in [4.69, 9.17) is 0 Å². The van der Waals surface area contributed by atoms with E-state index < -0.39 is 12.0 Å². The standard InChI is InChI=1S/C14H12BrNO3S/c15-12-7-10(8-20-12)13(17)16-11(14(18)19)6-9-4-2-1-3-5-9/h1-5,7-8,11H,6H2,(H,16,17)(H,18,19)/t11-/m0/s1. The third-order valence-electron chi connectivity index (χ3n) is 2.72. The number of carbonyl (C=O) groups is 2. The largest absolute Gasteiger partial charge is 0.480 e. The topological polar surface area (TPSA) is 66.4 Å². The second-order valence-electron chi connectivity index (χ2n) is 4.19. The van der Waals surface area contributed by atoms with Crippen LogP contribution >= 0.6 is 27.3 Å². The minimum Gasteiger partial charge on any atom is -0.480 e. The Hall–Kier alpha value is -1.66. The molecular weight excluding hydrogens is 342 g/mol. The van der Waals surface area contributed by atoms with E-state index in [2.05, 4.69) is 21.2 Å². The van der Waals surface area contributed by atoms with E-state index in [1.54, 1.807) is 11.4 Å². The van der Waals surface area contributed by atoms with Gasteiger partial charge < -0.3 is 10.4 Å². The number of nitrogens with one attached hydrogen (secondary N) is 1. The van der Waals surface area contributed by atoms with Crippen LogP contribution in [0.15, 0.2) is 45.6 Å². The van der Waals surface area contributed by atoms with Crippen molar-refractivity contribution >= 4 is 39.1 Å². The second kappa shape index (κ2) is 6.67. The molecule has 1 aromatic heterocycles. The summed E-state index contributed by atoms with van der Waals surface area (Å²) in [5.74, 6) is -1.42. The van der Waals surface area contributed by atoms with Gasteiger partial charge in [0.05, 0.1) is 9.35 Å². The zero-order valence-electron chi connectivity index (χ0n) is 10.4. The number of hydrogen-bond donors (Lipinski definition) is 2. The minimum atomic E-state index is -1.04. The van der Waals surface area contributed by atoms with Gasteiger partial charge >= 0.3 is 5.97 Å². The van der Waals surface area contributed by atoms with Gasteiger partial charge in [-0.15, -0.1) is 11.3 Å². The normalized spacial score (nSPS) is 11.8. The van der Waals surface area contributed by atoms with Crippen molar-refractivity contribution in [3.63, 3.8) is 0 Å². The Morgan fingerprint density at radius 1 is 1.30 bits per heavy atom. The molecule has 104 valence electrons. The predicted molar refractivity (Wildman–Crippen MR) is 81.1 cm³/mol. The van der Waals surface area contributed by atoms with Gasteiger partial charge in [-0.2, -0.15) is 0 Å². The maximum absolute atomic E-state index is 12.0. The van der Waals surface area contributed by atoms with E-state index in [0.717, 1.165) is 9.35 Å². The van der Waals surface area contributed by atoms with Crippen LogP contribution in [-0.4, -0.2) is 23.0 Å². The SMILES string of the molecule is O=C(N[C@@H](Cc1ccccc1)C(=O)O)c1csc(Br)c1. The average molecular weight is 354 g/mol. The minimum absolute atomic E-state index is 0.257. The fraction of sp³-hybridized carbons (Fsp3) is 0.143. The Morgan fingerprint density at radius 3 is 2.55 bits per heavy atom. The molecule has 0 aliphatic rings. The van der Waals surface area contributed by atoms with E-state index in [9.17, 15) is 14.7 Å². The molecule has 0 unspecified atom stereocenters. The number of rotatable bonds is 5. The Labute approximate surface area is 128 Å². The predicted octanol–water partition coefficient (Wildman–Crippen LogP) is 2.94. The summed E-state index contributed by atoms with van der Waals surface area (Å²) in [4.78, 5) is 23.2. The van der Waals surface area contributed by atoms with E-state index in [-0.39, 0.29) is 12.3 Å². The third-order valence-corrected chi connectivity index (χ3v) is 4.22. The summed E-state index contributed by atoms with van der Waals surface area (Å²) in [6, 6.07) is 9.94. The lowest BCUT2D eigenvalue weighted by Gasteiger charge is -2.14. The van der Waals surface area contributed by atoms with Crippen molar-refractivity contribution in [3.05, 3.63) is 56.7 Å². The average Bonchev–Trinajstić information content (AvgIpc) is 2.86. The van der Waals surface area contributed by atoms with Gasteiger partial charge in [0.25, 0.3) is 5.91 Å². The summed E-state index contributed by atoms with van der Waals surface area (Å²) in [6.07, 6.45) is 0.257. The molecule has 0 aliphatic heterocycles. The Balaban J connectivity index is 2.06. The molecule has 0 fully saturated rings. The number of halogens is 1. The molecule has 0 saturated carbocycles. The molecule has 1 aromatic carbocycles. The zero-order chi connectivity index (χ0) is 14.5. The molecule has 1 atom stereocenters. The van der Waals surface area contributed by atoms with Crippen LogP contribution in [0.1, 0.15) is 15.9 Å². The van der Waals surface area contributed by atoms with E-state index in [1.807, 2.05) is 30.3 Å². The van der Waals surface area contributed by atoms with Crippen molar-refractivity contribution in [2.75, 3.05) is 0 Å². The molecule has 0 radical (unpaired) electrons. The molecule has 1 heterocycles. The molecule has 20 heavy (non-hydrogen) atoms. The van der Waals surface area contributed by atoms with E-state index in [0.29, 0.717) is 5.56 Å². The summed E-state index contributed by atoms with van der Waals surface area (Å²) in [5, 5.41) is 13.4. The summed E-state index contributed by atoms with van der Waals surface area (Å²) >= 11 is 4.65. The van der Waals surface area contributed by atoms with Crippen LogP contribution in [-0.2, 0) is 11.2 Å². The highest BCUT2D eigenvalue weighted by Gasteiger charge is 2.21. The lowest BCUT2D eigenvalue weighted by molar-refractivity contribution is -0.139. The van der Waals surface area contributed by atoms with Crippen LogP contribution in [0, 0.1) is 0 Å². The zero-order valence-corrected chi connectivity index (χ0v) is 12.8. The molecule has 2 rings (SSSR count). The van der Waals surface area contributed by atoms with Crippen LogP contribution in [0.2, 0.25) is 0 Å². The number of hydrogen-bond acceptors (Lipinski definition) is 3. The molecule has 6 heteroatoms. The Morgan fingerprint density at radius 2 is 2.00 bits per heavy atom. The maximum Gasteiger partial charge on any atom is 0.326 e. The van der Waals surface area contributed by atoms with Gasteiger partial charge in [-0.25, -0.2) is 4.79 Å². The fourth-order valence-corrected chi connectivity index (χ4v) is 2.86. The molecule has 2 N–H and O–H groups in total. The monoisotopic (exact) mass is 353 g/mol. The molecule has 2 aromatic rings. The summed E-state index contributed by atoms with van der Waals surface area (Å²) in [5.41, 5.74) is 1.33. The van der Waals surface area contributed by atoms with Gasteiger partial charge in [-0.3, -0.25) is 4.79 Å². The third kappa shape index (κ3) is 3.91. The first-order valence-corrected chi connectivity index (χ1v) is 7.55. The van der Waals surface area contributed by atoms with Crippen molar-refractivity contribution in [2.24, 2.45) is 0 Å². The van der Waals surface area contributed by atoms with Crippen molar-refractivity contribution in [2.45, 2.75) is 12.5 Å². The lowest BCUT2D eigenvalue weighted by Crippen LogP contribution is -2.42. The lowest BCUT2D eigenvalue weighted by atomic mass is 10.1. The van der Waals surface area contributed by atoms with Gasteiger partial charge in [0.15, 0.2) is 0 Å². The molecule has 0 saturated heterocycles. The number of benzene rings is 1. The van der Waals surface area contributed by atoms with Crippen molar-refractivity contribution in [3.8, 4) is 0 Å². The van der Waals surface area contributed by atoms with Crippen LogP contribution < -0.4 is 5.32 Å². The molecule has 0 bridgehead atoms.